The van der Waals surface area contributed by atoms with Gasteiger partial charge in [0, 0.05) is 42.7 Å². The average Bonchev–Trinajstić information content (AvgIpc) is 3.51. The summed E-state index contributed by atoms with van der Waals surface area (Å²) in [4.78, 5) is 43.2. The number of carbonyl (C=O) groups excluding carboxylic acids is 1. The number of aromatic nitrogens is 6. The van der Waals surface area contributed by atoms with Crippen LogP contribution in [0.1, 0.15) is 36.3 Å². The summed E-state index contributed by atoms with van der Waals surface area (Å²) in [5, 5.41) is 12.5. The van der Waals surface area contributed by atoms with Gasteiger partial charge in [-0.2, -0.15) is 0 Å². The molecule has 4 aromatic heterocycles. The van der Waals surface area contributed by atoms with Crippen LogP contribution in [0.4, 0.5) is 0 Å². The Bertz CT molecular complexity index is 1810. The van der Waals surface area contributed by atoms with E-state index in [4.69, 9.17) is 27.9 Å². The number of halogens is 2. The maximum Gasteiger partial charge on any atom is 0.357 e. The highest BCUT2D eigenvalue weighted by Crippen LogP contribution is 2.39. The van der Waals surface area contributed by atoms with Crippen LogP contribution in [0, 0.1) is 0 Å². The molecule has 0 amide bonds. The van der Waals surface area contributed by atoms with Gasteiger partial charge in [-0.15, -0.1) is 0 Å². The van der Waals surface area contributed by atoms with E-state index >= 15 is 0 Å². The number of esters is 1. The van der Waals surface area contributed by atoms with E-state index in [1.54, 1.807) is 46.7 Å². The molecule has 11 nitrogen and oxygen atoms in total. The fourth-order valence-corrected chi connectivity index (χ4v) is 5.99. The van der Waals surface area contributed by atoms with Gasteiger partial charge in [0.1, 0.15) is 18.2 Å². The molecule has 5 heterocycles. The molecule has 0 saturated carbocycles. The quantitative estimate of drug-likeness (QED) is 0.267. The number of rotatable bonds is 7. The minimum absolute atomic E-state index is 0.00670. The molecule has 0 bridgehead atoms. The van der Waals surface area contributed by atoms with Crippen LogP contribution in [0.5, 0.6) is 0 Å². The van der Waals surface area contributed by atoms with E-state index in [1.807, 2.05) is 17.0 Å². The highest BCUT2D eigenvalue weighted by atomic mass is 35.5. The summed E-state index contributed by atoms with van der Waals surface area (Å²) < 4.78 is 8.81. The van der Waals surface area contributed by atoms with Gasteiger partial charge in [0.2, 0.25) is 0 Å². The number of aromatic amines is 1. The standard InChI is InChI=1S/C28H27Cl2N7O4/c1-2-41-27(39)24-22-18(17-5-3-6-19(29)23(17)30)13-36(26(22)33-15-32-24)14-21(38)35-11-8-16(9-12-35)37-20-7-4-10-31-25(20)34-28(37)40/h3-7,10,13,15-16,21,38H,2,8-9,11-12,14H2,1H3,(H,31,34,40). The number of likely N-dealkylation sites (tertiary alicyclic amines) is 1. The molecule has 1 atom stereocenters. The lowest BCUT2D eigenvalue weighted by molar-refractivity contribution is -0.0254. The molecule has 1 aliphatic heterocycles. The largest absolute Gasteiger partial charge is 0.461 e. The molecule has 5 aromatic rings. The number of nitrogens with zero attached hydrogens (tertiary/aromatic N) is 6. The second kappa shape index (κ2) is 11.2. The van der Waals surface area contributed by atoms with Crippen LogP contribution in [-0.2, 0) is 11.3 Å². The smallest absolute Gasteiger partial charge is 0.357 e. The Morgan fingerprint density at radius 1 is 1.15 bits per heavy atom. The molecule has 0 radical (unpaired) electrons. The maximum atomic E-state index is 12.8. The highest BCUT2D eigenvalue weighted by Gasteiger charge is 2.29. The Kier molecular flexibility index (Phi) is 7.52. The van der Waals surface area contributed by atoms with E-state index < -0.39 is 12.2 Å². The van der Waals surface area contributed by atoms with Crippen molar-refractivity contribution >= 4 is 51.4 Å². The highest BCUT2D eigenvalue weighted by molar-refractivity contribution is 6.44. The molecule has 1 saturated heterocycles. The summed E-state index contributed by atoms with van der Waals surface area (Å²) in [6.07, 6.45) is 5.28. The number of pyridine rings is 1. The van der Waals surface area contributed by atoms with E-state index in [0.29, 0.717) is 63.8 Å². The van der Waals surface area contributed by atoms with E-state index in [0.717, 1.165) is 5.52 Å². The van der Waals surface area contributed by atoms with Crippen molar-refractivity contribution in [3.63, 3.8) is 0 Å². The van der Waals surface area contributed by atoms with Crippen molar-refractivity contribution < 1.29 is 14.6 Å². The third-order valence-corrected chi connectivity index (χ3v) is 8.32. The number of nitrogens with one attached hydrogen (secondary N) is 1. The molecule has 2 N–H and O–H groups in total. The molecule has 0 aliphatic carbocycles. The molecule has 1 fully saturated rings. The third kappa shape index (κ3) is 4.99. The normalized spacial score (nSPS) is 15.5. The number of imidazole rings is 1. The van der Waals surface area contributed by atoms with Crippen LogP contribution in [0.2, 0.25) is 10.0 Å². The Hall–Kier alpha value is -3.77. The first-order valence-electron chi connectivity index (χ1n) is 13.3. The maximum absolute atomic E-state index is 12.8. The fourth-order valence-electron chi connectivity index (χ4n) is 5.59. The van der Waals surface area contributed by atoms with Gasteiger partial charge < -0.3 is 14.4 Å². The average molecular weight is 596 g/mol. The zero-order valence-corrected chi connectivity index (χ0v) is 23.6. The number of carbonyl (C=O) groups is 1. The fraction of sp³-hybridized carbons (Fsp3) is 0.321. The van der Waals surface area contributed by atoms with Gasteiger partial charge in [-0.25, -0.2) is 24.5 Å². The molecular formula is C28H27Cl2N7O4. The molecule has 6 rings (SSSR count). The predicted octanol–water partition coefficient (Wildman–Crippen LogP) is 4.28. The number of aliphatic hydroxyl groups is 1. The topological polar surface area (TPSA) is 131 Å². The summed E-state index contributed by atoms with van der Waals surface area (Å²) in [6, 6.07) is 8.95. The van der Waals surface area contributed by atoms with Gasteiger partial charge in [0.05, 0.1) is 34.1 Å². The lowest BCUT2D eigenvalue weighted by Gasteiger charge is -2.35. The number of piperidine rings is 1. The van der Waals surface area contributed by atoms with Crippen LogP contribution in [0.3, 0.4) is 0 Å². The Morgan fingerprint density at radius 3 is 2.73 bits per heavy atom. The number of H-pyrrole nitrogens is 1. The van der Waals surface area contributed by atoms with Crippen molar-refractivity contribution in [2.24, 2.45) is 0 Å². The van der Waals surface area contributed by atoms with Crippen LogP contribution in [-0.4, -0.2) is 71.0 Å². The Morgan fingerprint density at radius 2 is 1.95 bits per heavy atom. The second-order valence-corrected chi connectivity index (χ2v) is 10.6. The van der Waals surface area contributed by atoms with Crippen LogP contribution in [0.25, 0.3) is 33.3 Å². The summed E-state index contributed by atoms with van der Waals surface area (Å²) >= 11 is 12.9. The van der Waals surface area contributed by atoms with Gasteiger partial charge in [0.25, 0.3) is 0 Å². The van der Waals surface area contributed by atoms with E-state index in [-0.39, 0.29) is 30.6 Å². The summed E-state index contributed by atoms with van der Waals surface area (Å²) in [6.45, 7) is 3.26. The minimum Gasteiger partial charge on any atom is -0.461 e. The lowest BCUT2D eigenvalue weighted by atomic mass is 10.0. The molecule has 13 heteroatoms. The second-order valence-electron chi connectivity index (χ2n) is 9.86. The first-order chi connectivity index (χ1) is 19.9. The van der Waals surface area contributed by atoms with Gasteiger partial charge in [0.15, 0.2) is 11.3 Å². The van der Waals surface area contributed by atoms with Crippen molar-refractivity contribution in [3.05, 3.63) is 75.3 Å². The molecule has 1 aromatic carbocycles. The number of hydrogen-bond donors (Lipinski definition) is 2. The van der Waals surface area contributed by atoms with Crippen molar-refractivity contribution in [2.75, 3.05) is 19.7 Å². The van der Waals surface area contributed by atoms with Gasteiger partial charge >= 0.3 is 11.7 Å². The SMILES string of the molecule is CCOC(=O)c1ncnc2c1c(-c1cccc(Cl)c1Cl)cn2CC(O)N1CCC(n2c(=O)[nH]c3ncccc32)CC1. The Labute approximate surface area is 244 Å². The van der Waals surface area contributed by atoms with Crippen LogP contribution in [0.15, 0.2) is 53.8 Å². The zero-order chi connectivity index (χ0) is 28.7. The minimum atomic E-state index is -0.850. The monoisotopic (exact) mass is 595 g/mol. The van der Waals surface area contributed by atoms with Gasteiger partial charge in [-0.3, -0.25) is 14.5 Å². The number of fused-ring (bicyclic) bond motifs is 2. The number of benzene rings is 1. The van der Waals surface area contributed by atoms with E-state index in [1.165, 1.54) is 6.33 Å². The third-order valence-electron chi connectivity index (χ3n) is 7.50. The summed E-state index contributed by atoms with van der Waals surface area (Å²) in [5.41, 5.74) is 2.95. The first-order valence-corrected chi connectivity index (χ1v) is 14.1. The molecule has 212 valence electrons. The molecule has 41 heavy (non-hydrogen) atoms. The van der Waals surface area contributed by atoms with Crippen molar-refractivity contribution in [3.8, 4) is 11.1 Å². The van der Waals surface area contributed by atoms with Crippen LogP contribution >= 0.6 is 23.2 Å². The molecule has 1 unspecified atom stereocenters. The first kappa shape index (κ1) is 27.4. The lowest BCUT2D eigenvalue weighted by Crippen LogP contribution is -2.44. The molecule has 1 aliphatic rings. The van der Waals surface area contributed by atoms with Crippen molar-refractivity contribution in [1.29, 1.82) is 0 Å². The summed E-state index contributed by atoms with van der Waals surface area (Å²) in [5.74, 6) is -0.581. The van der Waals surface area contributed by atoms with E-state index in [2.05, 4.69) is 19.9 Å². The van der Waals surface area contributed by atoms with Crippen molar-refractivity contribution in [1.82, 2.24) is 34.0 Å². The van der Waals surface area contributed by atoms with E-state index in [9.17, 15) is 14.7 Å². The summed E-state index contributed by atoms with van der Waals surface area (Å²) in [7, 11) is 0. The van der Waals surface area contributed by atoms with Gasteiger partial charge in [-0.05, 0) is 38.0 Å². The predicted molar refractivity (Wildman–Crippen MR) is 155 cm³/mol. The zero-order valence-electron chi connectivity index (χ0n) is 22.1. The number of aliphatic hydroxyl groups excluding tert-OH is 1. The molecule has 0 spiro atoms. The number of ether oxygens (including phenoxy) is 1. The molecular weight excluding hydrogens is 569 g/mol. The van der Waals surface area contributed by atoms with Gasteiger partial charge in [-0.1, -0.05) is 35.3 Å². The van der Waals surface area contributed by atoms with Crippen molar-refractivity contribution in [2.45, 2.75) is 38.6 Å². The Balaban J connectivity index is 1.29. The number of hydrogen-bond acceptors (Lipinski definition) is 8. The van der Waals surface area contributed by atoms with Crippen LogP contribution < -0.4 is 5.69 Å².